The van der Waals surface area contributed by atoms with Gasteiger partial charge >= 0.3 is 0 Å². The quantitative estimate of drug-likeness (QED) is 0.355. The zero-order valence-electron chi connectivity index (χ0n) is 18.2. The average Bonchev–Trinajstić information content (AvgIpc) is 2.69. The van der Waals surface area contributed by atoms with Crippen LogP contribution in [0.2, 0.25) is 0 Å². The predicted octanol–water partition coefficient (Wildman–Crippen LogP) is 2.07. The molecule has 1 aromatic carbocycles. The first-order chi connectivity index (χ1) is 14.0. The van der Waals surface area contributed by atoms with Crippen LogP contribution in [-0.2, 0) is 11.3 Å². The zero-order valence-corrected chi connectivity index (χ0v) is 18.2. The first-order valence-corrected chi connectivity index (χ1v) is 10.7. The summed E-state index contributed by atoms with van der Waals surface area (Å²) in [5, 5.41) is 3.38. The summed E-state index contributed by atoms with van der Waals surface area (Å²) in [7, 11) is 4.14. The van der Waals surface area contributed by atoms with Crippen LogP contribution in [0, 0.1) is 5.92 Å². The van der Waals surface area contributed by atoms with Crippen molar-refractivity contribution in [3.05, 3.63) is 29.8 Å². The normalized spacial score (nSPS) is 17.4. The minimum atomic E-state index is -0.220. The van der Waals surface area contributed by atoms with E-state index in [1.807, 2.05) is 12.1 Å². The Labute approximate surface area is 175 Å². The molecule has 7 heteroatoms. The smallest absolute Gasteiger partial charge is 0.217 e. The van der Waals surface area contributed by atoms with Crippen LogP contribution < -0.4 is 15.8 Å². The summed E-state index contributed by atoms with van der Waals surface area (Å²) in [6, 6.07) is 8.16. The molecule has 1 unspecified atom stereocenters. The number of likely N-dealkylation sites (tertiary alicyclic amines) is 1. The number of hydrogen-bond donors (Lipinski definition) is 2. The van der Waals surface area contributed by atoms with Gasteiger partial charge in [-0.2, -0.15) is 0 Å². The molecule has 1 heterocycles. The summed E-state index contributed by atoms with van der Waals surface area (Å²) in [5.41, 5.74) is 6.53. The van der Waals surface area contributed by atoms with E-state index in [0.29, 0.717) is 18.9 Å². The Morgan fingerprint density at radius 1 is 1.34 bits per heavy atom. The fraction of sp³-hybridized carbons (Fsp3) is 0.636. The number of ether oxygens (including phenoxy) is 1. The third-order valence-corrected chi connectivity index (χ3v) is 5.00. The third-order valence-electron chi connectivity index (χ3n) is 5.00. The highest BCUT2D eigenvalue weighted by Gasteiger charge is 2.23. The number of nitrogens with two attached hydrogens (primary N) is 1. The monoisotopic (exact) mass is 403 g/mol. The molecule has 0 bridgehead atoms. The van der Waals surface area contributed by atoms with Gasteiger partial charge in [0.05, 0.1) is 13.2 Å². The largest absolute Gasteiger partial charge is 0.494 e. The second-order valence-corrected chi connectivity index (χ2v) is 7.94. The van der Waals surface area contributed by atoms with Gasteiger partial charge in [0.25, 0.3) is 0 Å². The molecule has 0 saturated carbocycles. The van der Waals surface area contributed by atoms with Gasteiger partial charge in [0.1, 0.15) is 5.75 Å². The predicted molar refractivity (Wildman–Crippen MR) is 118 cm³/mol. The second-order valence-electron chi connectivity index (χ2n) is 7.94. The molecule has 0 spiro atoms. The van der Waals surface area contributed by atoms with Gasteiger partial charge in [-0.3, -0.25) is 4.79 Å². The maximum atomic E-state index is 11.3. The van der Waals surface area contributed by atoms with Gasteiger partial charge < -0.3 is 25.6 Å². The molecule has 1 aliphatic rings. The van der Waals surface area contributed by atoms with Crippen molar-refractivity contribution in [2.45, 2.75) is 39.2 Å². The van der Waals surface area contributed by atoms with Crippen LogP contribution in [-0.4, -0.2) is 68.5 Å². The van der Waals surface area contributed by atoms with E-state index in [1.165, 1.54) is 0 Å². The Hall–Kier alpha value is -2.28. The average molecular weight is 404 g/mol. The molecule has 1 amide bonds. The molecule has 3 N–H and O–H groups in total. The fourth-order valence-electron chi connectivity index (χ4n) is 3.56. The molecule has 2 rings (SSSR count). The van der Waals surface area contributed by atoms with Crippen molar-refractivity contribution in [3.63, 3.8) is 0 Å². The fourth-order valence-corrected chi connectivity index (χ4v) is 3.56. The number of aliphatic imine (C=N–C) groups is 1. The number of nitrogens with one attached hydrogen (secondary N) is 1. The zero-order chi connectivity index (χ0) is 21.1. The third kappa shape index (κ3) is 8.73. The number of primary amides is 1. The van der Waals surface area contributed by atoms with Gasteiger partial charge in [0.2, 0.25) is 5.91 Å². The Morgan fingerprint density at radius 3 is 2.76 bits per heavy atom. The standard InChI is InChI=1S/C22H37N5O2/c1-4-24-22(27-13-5-7-19(17-27)15-21(23)28)25-16-18-8-10-20(11-9-18)29-14-6-12-26(2)3/h8-11,19H,4-7,12-17H2,1-3H3,(H2,23,28)(H,24,25). The van der Waals surface area contributed by atoms with Crippen molar-refractivity contribution in [1.29, 1.82) is 0 Å². The number of hydrogen-bond acceptors (Lipinski definition) is 4. The van der Waals surface area contributed by atoms with Gasteiger partial charge in [-0.1, -0.05) is 12.1 Å². The van der Waals surface area contributed by atoms with Crippen LogP contribution in [0.3, 0.4) is 0 Å². The maximum Gasteiger partial charge on any atom is 0.217 e. The number of benzene rings is 1. The molecule has 1 aromatic rings. The molecule has 1 fully saturated rings. The van der Waals surface area contributed by atoms with Crippen molar-refractivity contribution < 1.29 is 9.53 Å². The summed E-state index contributed by atoms with van der Waals surface area (Å²) in [5.74, 6) is 1.90. The lowest BCUT2D eigenvalue weighted by Crippen LogP contribution is -2.47. The Bertz CT molecular complexity index is 645. The minimum absolute atomic E-state index is 0.220. The summed E-state index contributed by atoms with van der Waals surface area (Å²) in [4.78, 5) is 20.5. The van der Waals surface area contributed by atoms with Gasteiger partial charge in [-0.05, 0) is 63.9 Å². The summed E-state index contributed by atoms with van der Waals surface area (Å²) in [6.45, 7) is 7.03. The molecule has 162 valence electrons. The van der Waals surface area contributed by atoms with E-state index in [2.05, 4.69) is 48.3 Å². The van der Waals surface area contributed by atoms with Gasteiger partial charge in [-0.15, -0.1) is 0 Å². The number of rotatable bonds is 10. The number of amides is 1. The van der Waals surface area contributed by atoms with Crippen molar-refractivity contribution in [2.24, 2.45) is 16.6 Å². The molecule has 0 radical (unpaired) electrons. The van der Waals surface area contributed by atoms with Crippen LogP contribution in [0.1, 0.15) is 38.2 Å². The summed E-state index contributed by atoms with van der Waals surface area (Å²) < 4.78 is 5.79. The minimum Gasteiger partial charge on any atom is -0.494 e. The molecular weight excluding hydrogens is 366 g/mol. The van der Waals surface area contributed by atoms with Crippen LogP contribution in [0.4, 0.5) is 0 Å². The Kier molecular flexibility index (Phi) is 9.77. The highest BCUT2D eigenvalue weighted by molar-refractivity contribution is 5.80. The van der Waals surface area contributed by atoms with E-state index < -0.39 is 0 Å². The van der Waals surface area contributed by atoms with E-state index in [1.54, 1.807) is 0 Å². The highest BCUT2D eigenvalue weighted by atomic mass is 16.5. The Balaban J connectivity index is 1.89. The lowest BCUT2D eigenvalue weighted by Gasteiger charge is -2.34. The SMILES string of the molecule is CCNC(=NCc1ccc(OCCCN(C)C)cc1)N1CCCC(CC(N)=O)C1. The van der Waals surface area contributed by atoms with Crippen molar-refractivity contribution >= 4 is 11.9 Å². The van der Waals surface area contributed by atoms with Crippen LogP contribution >= 0.6 is 0 Å². The topological polar surface area (TPSA) is 83.2 Å². The van der Waals surface area contributed by atoms with E-state index in [0.717, 1.165) is 69.3 Å². The second kappa shape index (κ2) is 12.3. The van der Waals surface area contributed by atoms with E-state index in [9.17, 15) is 4.79 Å². The number of carbonyl (C=O) groups is 1. The van der Waals surface area contributed by atoms with Gasteiger partial charge in [0.15, 0.2) is 5.96 Å². The van der Waals surface area contributed by atoms with Crippen LogP contribution in [0.5, 0.6) is 5.75 Å². The van der Waals surface area contributed by atoms with Crippen LogP contribution in [0.15, 0.2) is 29.3 Å². The van der Waals surface area contributed by atoms with E-state index >= 15 is 0 Å². The van der Waals surface area contributed by atoms with Crippen molar-refractivity contribution in [2.75, 3.05) is 46.9 Å². The number of carbonyl (C=O) groups excluding carboxylic acids is 1. The molecule has 0 aromatic heterocycles. The highest BCUT2D eigenvalue weighted by Crippen LogP contribution is 2.20. The number of piperidine rings is 1. The maximum absolute atomic E-state index is 11.3. The van der Waals surface area contributed by atoms with Gasteiger partial charge in [-0.25, -0.2) is 4.99 Å². The first kappa shape index (κ1) is 23.0. The van der Waals surface area contributed by atoms with Crippen molar-refractivity contribution in [3.8, 4) is 5.75 Å². The molecule has 1 atom stereocenters. The van der Waals surface area contributed by atoms with Gasteiger partial charge in [0, 0.05) is 32.6 Å². The first-order valence-electron chi connectivity index (χ1n) is 10.7. The molecular formula is C22H37N5O2. The summed E-state index contributed by atoms with van der Waals surface area (Å²) >= 11 is 0. The molecule has 1 aliphatic heterocycles. The van der Waals surface area contributed by atoms with Crippen molar-refractivity contribution in [1.82, 2.24) is 15.1 Å². The molecule has 0 aliphatic carbocycles. The van der Waals surface area contributed by atoms with E-state index in [4.69, 9.17) is 15.5 Å². The molecule has 7 nitrogen and oxygen atoms in total. The number of nitrogens with zero attached hydrogens (tertiary/aromatic N) is 3. The number of guanidine groups is 1. The lowest BCUT2D eigenvalue weighted by molar-refractivity contribution is -0.119. The van der Waals surface area contributed by atoms with E-state index in [-0.39, 0.29) is 5.91 Å². The summed E-state index contributed by atoms with van der Waals surface area (Å²) in [6.07, 6.45) is 3.57. The Morgan fingerprint density at radius 2 is 2.10 bits per heavy atom. The molecule has 1 saturated heterocycles. The molecule has 29 heavy (non-hydrogen) atoms. The lowest BCUT2D eigenvalue weighted by atomic mass is 9.95. The van der Waals surface area contributed by atoms with Crippen LogP contribution in [0.25, 0.3) is 0 Å².